The number of aromatic nitrogens is 4. The fourth-order valence-corrected chi connectivity index (χ4v) is 4.11. The number of para-hydroxylation sites is 1. The van der Waals surface area contributed by atoms with Crippen molar-refractivity contribution in [2.75, 3.05) is 29.0 Å². The number of carbonyl (C=O) groups excluding carboxylic acids is 2. The molecule has 1 saturated heterocycles. The number of fused-ring (bicyclic) bond motifs is 1. The Morgan fingerprint density at radius 2 is 1.88 bits per heavy atom. The summed E-state index contributed by atoms with van der Waals surface area (Å²) in [6.07, 6.45) is 5.98. The van der Waals surface area contributed by atoms with E-state index in [1.54, 1.807) is 35.6 Å². The first kappa shape index (κ1) is 26.5. The van der Waals surface area contributed by atoms with Crippen molar-refractivity contribution < 1.29 is 14.3 Å². The lowest BCUT2D eigenvalue weighted by molar-refractivity contribution is -0.111. The van der Waals surface area contributed by atoms with E-state index < -0.39 is 5.60 Å². The molecule has 1 aliphatic heterocycles. The van der Waals surface area contributed by atoms with Crippen LogP contribution in [0.4, 0.5) is 27.9 Å². The third-order valence-corrected chi connectivity index (χ3v) is 6.00. The average molecular weight is 539 g/mol. The number of ether oxygens (including phenoxy) is 1. The molecule has 1 aromatic carbocycles. The lowest BCUT2D eigenvalue weighted by Crippen LogP contribution is -2.58. The zero-order valence-electron chi connectivity index (χ0n) is 22.5. The molecule has 0 saturated carbocycles. The number of pyridine rings is 2. The molecule has 1 aliphatic rings. The summed E-state index contributed by atoms with van der Waals surface area (Å²) < 4.78 is 5.40. The zero-order valence-corrected chi connectivity index (χ0v) is 22.5. The molecule has 0 unspecified atom stereocenters. The molecule has 204 valence electrons. The van der Waals surface area contributed by atoms with Crippen LogP contribution in [0.1, 0.15) is 20.8 Å². The number of likely N-dealkylation sites (tertiary alicyclic amines) is 1. The number of rotatable bonds is 7. The Morgan fingerprint density at radius 3 is 2.60 bits per heavy atom. The van der Waals surface area contributed by atoms with E-state index in [4.69, 9.17) is 9.72 Å². The van der Waals surface area contributed by atoms with Crippen LogP contribution in [0.5, 0.6) is 0 Å². The minimum absolute atomic E-state index is 0.110. The number of carbonyl (C=O) groups is 2. The van der Waals surface area contributed by atoms with Crippen LogP contribution in [0.2, 0.25) is 0 Å². The Morgan fingerprint density at radius 1 is 1.05 bits per heavy atom. The summed E-state index contributed by atoms with van der Waals surface area (Å²) >= 11 is 0. The quantitative estimate of drug-likeness (QED) is 0.278. The summed E-state index contributed by atoms with van der Waals surface area (Å²) in [5, 5.41) is 10.1. The van der Waals surface area contributed by atoms with Crippen LogP contribution in [0.3, 0.4) is 0 Å². The van der Waals surface area contributed by atoms with Gasteiger partial charge in [0.15, 0.2) is 0 Å². The number of nitrogens with zero attached hydrogens (tertiary/aromatic N) is 5. The number of amides is 2. The van der Waals surface area contributed by atoms with Gasteiger partial charge in [0.2, 0.25) is 11.9 Å². The normalized spacial score (nSPS) is 13.3. The van der Waals surface area contributed by atoms with E-state index in [-0.39, 0.29) is 18.0 Å². The third kappa shape index (κ3) is 6.32. The van der Waals surface area contributed by atoms with Gasteiger partial charge in [0.05, 0.1) is 29.1 Å². The second kappa shape index (κ2) is 11.0. The molecule has 1 fully saturated rings. The van der Waals surface area contributed by atoms with Gasteiger partial charge in [-0.15, -0.1) is 0 Å². The molecule has 0 radical (unpaired) electrons. The Bertz CT molecular complexity index is 1560. The molecule has 3 aromatic heterocycles. The number of hydrogen-bond acceptors (Lipinski definition) is 9. The maximum absolute atomic E-state index is 12.1. The van der Waals surface area contributed by atoms with Gasteiger partial charge >= 0.3 is 6.09 Å². The SMILES string of the molecule is C=CC(=O)Nc1ccnc(-c2cccc3cnc(Nc4ccc(NC5CN(C(=O)OC(C)(C)C)C5)nc4)nc23)c1. The van der Waals surface area contributed by atoms with Gasteiger partial charge in [0, 0.05) is 42.1 Å². The molecule has 2 amide bonds. The van der Waals surface area contributed by atoms with Crippen LogP contribution in [0, 0.1) is 0 Å². The topological polar surface area (TPSA) is 134 Å². The number of benzene rings is 1. The summed E-state index contributed by atoms with van der Waals surface area (Å²) in [6, 6.07) is 13.1. The zero-order chi connectivity index (χ0) is 28.3. The van der Waals surface area contributed by atoms with Crippen LogP contribution < -0.4 is 16.0 Å². The van der Waals surface area contributed by atoms with E-state index >= 15 is 0 Å². The largest absolute Gasteiger partial charge is 0.444 e. The summed E-state index contributed by atoms with van der Waals surface area (Å²) in [5.74, 6) is 0.815. The molecule has 40 heavy (non-hydrogen) atoms. The van der Waals surface area contributed by atoms with Gasteiger partial charge in [-0.2, -0.15) is 0 Å². The molecule has 0 bridgehead atoms. The standard InChI is InChI=1S/C29H30N8O3/c1-5-25(38)34-19-11-12-30-23(13-19)22-8-6-7-18-14-32-27(36-26(18)22)35-20-9-10-24(31-15-20)33-21-16-37(17-21)28(39)40-29(2,3)4/h5-15,21H,1,16-17H2,2-4H3,(H,31,33)(H,30,34,38)(H,32,35,36). The van der Waals surface area contributed by atoms with Gasteiger partial charge in [-0.1, -0.05) is 24.8 Å². The molecule has 0 atom stereocenters. The maximum atomic E-state index is 12.1. The van der Waals surface area contributed by atoms with Crippen molar-refractivity contribution in [2.24, 2.45) is 0 Å². The molecular formula is C29H30N8O3. The number of nitrogens with one attached hydrogen (secondary N) is 3. The molecular weight excluding hydrogens is 508 g/mol. The van der Waals surface area contributed by atoms with Crippen molar-refractivity contribution in [2.45, 2.75) is 32.4 Å². The van der Waals surface area contributed by atoms with Crippen molar-refractivity contribution in [1.82, 2.24) is 24.8 Å². The van der Waals surface area contributed by atoms with Crippen molar-refractivity contribution in [3.8, 4) is 11.3 Å². The van der Waals surface area contributed by atoms with Crippen LogP contribution in [-0.2, 0) is 9.53 Å². The van der Waals surface area contributed by atoms with E-state index in [2.05, 4.69) is 37.5 Å². The predicted molar refractivity (Wildman–Crippen MR) is 154 cm³/mol. The minimum atomic E-state index is -0.511. The van der Waals surface area contributed by atoms with Gasteiger partial charge in [0.1, 0.15) is 11.4 Å². The van der Waals surface area contributed by atoms with Crippen LogP contribution in [0.15, 0.2) is 73.7 Å². The van der Waals surface area contributed by atoms with Gasteiger partial charge in [-0.25, -0.2) is 19.7 Å². The van der Waals surface area contributed by atoms with Gasteiger partial charge in [0.25, 0.3) is 0 Å². The lowest BCUT2D eigenvalue weighted by Gasteiger charge is -2.40. The summed E-state index contributed by atoms with van der Waals surface area (Å²) in [5.41, 5.74) is 3.00. The third-order valence-electron chi connectivity index (χ3n) is 6.00. The molecule has 5 rings (SSSR count). The van der Waals surface area contributed by atoms with Crippen molar-refractivity contribution >= 4 is 46.0 Å². The highest BCUT2D eigenvalue weighted by atomic mass is 16.6. The van der Waals surface area contributed by atoms with Crippen LogP contribution in [0.25, 0.3) is 22.2 Å². The molecule has 4 heterocycles. The van der Waals surface area contributed by atoms with E-state index in [1.165, 1.54) is 6.08 Å². The monoisotopic (exact) mass is 538 g/mol. The highest BCUT2D eigenvalue weighted by molar-refractivity contribution is 5.99. The fraction of sp³-hybridized carbons (Fsp3) is 0.241. The minimum Gasteiger partial charge on any atom is -0.444 e. The fourth-order valence-electron chi connectivity index (χ4n) is 4.11. The Balaban J connectivity index is 1.25. The molecule has 11 heteroatoms. The summed E-state index contributed by atoms with van der Waals surface area (Å²) in [6.45, 7) is 10.2. The highest BCUT2D eigenvalue weighted by Gasteiger charge is 2.33. The Labute approximate surface area is 231 Å². The molecule has 0 aliphatic carbocycles. The van der Waals surface area contributed by atoms with Gasteiger partial charge < -0.3 is 25.6 Å². The van der Waals surface area contributed by atoms with Crippen molar-refractivity contribution in [1.29, 1.82) is 0 Å². The molecule has 4 aromatic rings. The number of anilines is 4. The van der Waals surface area contributed by atoms with Crippen molar-refractivity contribution in [3.63, 3.8) is 0 Å². The second-order valence-electron chi connectivity index (χ2n) is 10.3. The summed E-state index contributed by atoms with van der Waals surface area (Å²) in [7, 11) is 0. The van der Waals surface area contributed by atoms with E-state index in [0.29, 0.717) is 41.8 Å². The average Bonchev–Trinajstić information content (AvgIpc) is 2.90. The predicted octanol–water partition coefficient (Wildman–Crippen LogP) is 4.99. The molecule has 0 spiro atoms. The smallest absolute Gasteiger partial charge is 0.410 e. The first-order valence-electron chi connectivity index (χ1n) is 12.8. The van der Waals surface area contributed by atoms with Crippen LogP contribution in [-0.4, -0.2) is 61.6 Å². The van der Waals surface area contributed by atoms with Gasteiger partial charge in [-0.3, -0.25) is 9.78 Å². The maximum Gasteiger partial charge on any atom is 0.410 e. The second-order valence-corrected chi connectivity index (χ2v) is 10.3. The first-order valence-corrected chi connectivity index (χ1v) is 12.8. The van der Waals surface area contributed by atoms with Crippen molar-refractivity contribution in [3.05, 3.63) is 73.7 Å². The molecule has 3 N–H and O–H groups in total. The summed E-state index contributed by atoms with van der Waals surface area (Å²) in [4.78, 5) is 43.6. The van der Waals surface area contributed by atoms with E-state index in [1.807, 2.05) is 51.1 Å². The Hall–Kier alpha value is -5.06. The van der Waals surface area contributed by atoms with E-state index in [9.17, 15) is 9.59 Å². The Kier molecular flexibility index (Phi) is 7.28. The van der Waals surface area contributed by atoms with E-state index in [0.717, 1.165) is 16.6 Å². The van der Waals surface area contributed by atoms with Crippen LogP contribution >= 0.6 is 0 Å². The molecule has 11 nitrogen and oxygen atoms in total. The number of hydrogen-bond donors (Lipinski definition) is 3. The first-order chi connectivity index (χ1) is 19.2. The highest BCUT2D eigenvalue weighted by Crippen LogP contribution is 2.28. The lowest BCUT2D eigenvalue weighted by atomic mass is 10.1. The van der Waals surface area contributed by atoms with Gasteiger partial charge in [-0.05, 0) is 51.1 Å².